The molecule has 3 heterocycles. The molecule has 1 aliphatic heterocycles. The largest absolute Gasteiger partial charge is 0.491 e. The average molecular weight is 447 g/mol. The van der Waals surface area contributed by atoms with Crippen molar-refractivity contribution in [3.8, 4) is 17.1 Å². The van der Waals surface area contributed by atoms with Gasteiger partial charge < -0.3 is 14.6 Å². The van der Waals surface area contributed by atoms with E-state index in [4.69, 9.17) is 4.74 Å². The molecule has 2 N–H and O–H groups in total. The maximum Gasteiger partial charge on any atom is 0.258 e. The maximum atomic E-state index is 12.4. The first-order chi connectivity index (χ1) is 16.1. The highest BCUT2D eigenvalue weighted by atomic mass is 16.5. The third-order valence-corrected chi connectivity index (χ3v) is 5.68. The van der Waals surface area contributed by atoms with Crippen LogP contribution in [0.2, 0.25) is 0 Å². The molecule has 0 radical (unpaired) electrons. The molecule has 0 saturated carbocycles. The SMILES string of the molecule is CC(C)Oc1ccc(-c2nn[nH]n2)c(N2CCN(Cc3nc4ccccc4c(=O)[nH]3)CC2)c1. The van der Waals surface area contributed by atoms with Crippen molar-refractivity contribution >= 4 is 16.6 Å². The second-order valence-corrected chi connectivity index (χ2v) is 8.37. The van der Waals surface area contributed by atoms with E-state index >= 15 is 0 Å². The first-order valence-electron chi connectivity index (χ1n) is 11.1. The fraction of sp³-hybridized carbons (Fsp3) is 0.348. The van der Waals surface area contributed by atoms with Crippen molar-refractivity contribution in [1.29, 1.82) is 0 Å². The summed E-state index contributed by atoms with van der Waals surface area (Å²) in [5, 5.41) is 15.2. The number of rotatable bonds is 6. The Morgan fingerprint density at radius 2 is 1.91 bits per heavy atom. The summed E-state index contributed by atoms with van der Waals surface area (Å²) in [5.74, 6) is 2.06. The third kappa shape index (κ3) is 4.56. The summed E-state index contributed by atoms with van der Waals surface area (Å²) < 4.78 is 5.92. The normalized spacial score (nSPS) is 14.8. The molecule has 0 bridgehead atoms. The number of para-hydroxylation sites is 1. The highest BCUT2D eigenvalue weighted by Gasteiger charge is 2.22. The lowest BCUT2D eigenvalue weighted by Gasteiger charge is -2.36. The van der Waals surface area contributed by atoms with E-state index in [-0.39, 0.29) is 11.7 Å². The molecule has 0 amide bonds. The van der Waals surface area contributed by atoms with Crippen LogP contribution in [0.3, 0.4) is 0 Å². The lowest BCUT2D eigenvalue weighted by atomic mass is 10.1. The number of piperazine rings is 1. The zero-order valence-corrected chi connectivity index (χ0v) is 18.7. The van der Waals surface area contributed by atoms with Gasteiger partial charge in [-0.1, -0.05) is 12.1 Å². The second-order valence-electron chi connectivity index (χ2n) is 8.37. The van der Waals surface area contributed by atoms with Crippen LogP contribution in [0.1, 0.15) is 19.7 Å². The molecule has 10 nitrogen and oxygen atoms in total. The number of tetrazole rings is 1. The van der Waals surface area contributed by atoms with E-state index in [2.05, 4.69) is 40.4 Å². The van der Waals surface area contributed by atoms with Crippen LogP contribution in [-0.4, -0.2) is 67.8 Å². The van der Waals surface area contributed by atoms with Crippen molar-refractivity contribution in [3.05, 3.63) is 58.6 Å². The van der Waals surface area contributed by atoms with Crippen molar-refractivity contribution in [1.82, 2.24) is 35.5 Å². The van der Waals surface area contributed by atoms with Crippen LogP contribution in [0.5, 0.6) is 5.75 Å². The van der Waals surface area contributed by atoms with Crippen molar-refractivity contribution in [2.45, 2.75) is 26.5 Å². The van der Waals surface area contributed by atoms with Crippen LogP contribution in [-0.2, 0) is 6.54 Å². The first-order valence-corrected chi connectivity index (χ1v) is 11.1. The molecule has 1 saturated heterocycles. The van der Waals surface area contributed by atoms with Gasteiger partial charge in [0.2, 0.25) is 5.82 Å². The highest BCUT2D eigenvalue weighted by Crippen LogP contribution is 2.33. The highest BCUT2D eigenvalue weighted by molar-refractivity contribution is 5.77. The van der Waals surface area contributed by atoms with E-state index in [0.717, 1.165) is 48.7 Å². The number of anilines is 1. The van der Waals surface area contributed by atoms with Gasteiger partial charge >= 0.3 is 0 Å². The number of hydrogen-bond donors (Lipinski definition) is 2. The predicted octanol–water partition coefficient (Wildman–Crippen LogP) is 2.21. The van der Waals surface area contributed by atoms with Gasteiger partial charge in [0.15, 0.2) is 0 Å². The number of benzene rings is 2. The molecule has 4 aromatic rings. The molecule has 1 fully saturated rings. The molecule has 0 atom stereocenters. The van der Waals surface area contributed by atoms with Crippen LogP contribution in [0.15, 0.2) is 47.3 Å². The van der Waals surface area contributed by atoms with E-state index in [1.165, 1.54) is 0 Å². The van der Waals surface area contributed by atoms with Gasteiger partial charge in [-0.25, -0.2) is 4.98 Å². The summed E-state index contributed by atoms with van der Waals surface area (Å²) in [4.78, 5) is 24.6. The monoisotopic (exact) mass is 446 g/mol. The van der Waals surface area contributed by atoms with Crippen LogP contribution < -0.4 is 15.2 Å². The minimum atomic E-state index is -0.0963. The van der Waals surface area contributed by atoms with Gasteiger partial charge in [0.25, 0.3) is 5.56 Å². The van der Waals surface area contributed by atoms with Gasteiger partial charge in [0, 0.05) is 37.8 Å². The Labute approximate surface area is 190 Å². The molecular weight excluding hydrogens is 420 g/mol. The summed E-state index contributed by atoms with van der Waals surface area (Å²) >= 11 is 0. The fourth-order valence-electron chi connectivity index (χ4n) is 4.15. The Hall–Kier alpha value is -3.79. The summed E-state index contributed by atoms with van der Waals surface area (Å²) in [7, 11) is 0. The minimum Gasteiger partial charge on any atom is -0.491 e. The predicted molar refractivity (Wildman–Crippen MR) is 125 cm³/mol. The number of aromatic nitrogens is 6. The van der Waals surface area contributed by atoms with Gasteiger partial charge in [-0.05, 0) is 43.3 Å². The summed E-state index contributed by atoms with van der Waals surface area (Å²) in [6, 6.07) is 13.4. The topological polar surface area (TPSA) is 116 Å². The molecule has 0 aliphatic carbocycles. The Morgan fingerprint density at radius 1 is 1.09 bits per heavy atom. The number of fused-ring (bicyclic) bond motifs is 1. The molecule has 2 aromatic heterocycles. The Kier molecular flexibility index (Phi) is 5.74. The molecule has 33 heavy (non-hydrogen) atoms. The summed E-state index contributed by atoms with van der Waals surface area (Å²) in [6.07, 6.45) is 0.0855. The molecular formula is C23H26N8O2. The Bertz CT molecular complexity index is 1290. The molecule has 0 unspecified atom stereocenters. The van der Waals surface area contributed by atoms with Gasteiger partial charge in [-0.2, -0.15) is 5.21 Å². The standard InChI is InChI=1S/C23H26N8O2/c1-15(2)33-16-7-8-18(22-26-28-29-27-22)20(13-16)31-11-9-30(10-12-31)14-21-24-19-6-4-3-5-17(19)23(32)25-21/h3-8,13,15H,9-12,14H2,1-2H3,(H,24,25,32)(H,26,27,28,29). The smallest absolute Gasteiger partial charge is 0.258 e. The van der Waals surface area contributed by atoms with Crippen LogP contribution in [0, 0.1) is 0 Å². The van der Waals surface area contributed by atoms with Crippen LogP contribution in [0.25, 0.3) is 22.3 Å². The number of H-pyrrole nitrogens is 2. The van der Waals surface area contributed by atoms with E-state index in [1.54, 1.807) is 6.07 Å². The van der Waals surface area contributed by atoms with E-state index in [1.807, 2.05) is 50.2 Å². The average Bonchev–Trinajstić information content (AvgIpc) is 3.34. The van der Waals surface area contributed by atoms with Crippen LogP contribution in [0.4, 0.5) is 5.69 Å². The molecule has 0 spiro atoms. The summed E-state index contributed by atoms with van der Waals surface area (Å²) in [6.45, 7) is 7.91. The second kappa shape index (κ2) is 8.99. The quantitative estimate of drug-likeness (QED) is 0.463. The summed E-state index contributed by atoms with van der Waals surface area (Å²) in [5.41, 5.74) is 2.56. The van der Waals surface area contributed by atoms with Crippen molar-refractivity contribution in [2.24, 2.45) is 0 Å². The molecule has 170 valence electrons. The first kappa shape index (κ1) is 21.1. The number of hydrogen-bond acceptors (Lipinski definition) is 8. The molecule has 5 rings (SSSR count). The lowest BCUT2D eigenvalue weighted by molar-refractivity contribution is 0.240. The molecule has 2 aromatic carbocycles. The van der Waals surface area contributed by atoms with Crippen molar-refractivity contribution in [2.75, 3.05) is 31.1 Å². The molecule has 10 heteroatoms. The number of ether oxygens (including phenoxy) is 1. The zero-order valence-electron chi connectivity index (χ0n) is 18.7. The fourth-order valence-corrected chi connectivity index (χ4v) is 4.15. The van der Waals surface area contributed by atoms with Crippen molar-refractivity contribution < 1.29 is 4.74 Å². The van der Waals surface area contributed by atoms with Gasteiger partial charge in [-0.15, -0.1) is 10.2 Å². The van der Waals surface area contributed by atoms with E-state index < -0.39 is 0 Å². The van der Waals surface area contributed by atoms with E-state index in [0.29, 0.717) is 23.6 Å². The Balaban J connectivity index is 1.33. The zero-order chi connectivity index (χ0) is 22.8. The molecule has 1 aliphatic rings. The number of aromatic amines is 2. The van der Waals surface area contributed by atoms with Crippen LogP contribution >= 0.6 is 0 Å². The third-order valence-electron chi connectivity index (χ3n) is 5.68. The Morgan fingerprint density at radius 3 is 2.67 bits per heavy atom. The van der Waals surface area contributed by atoms with E-state index in [9.17, 15) is 4.79 Å². The van der Waals surface area contributed by atoms with Gasteiger partial charge in [0.1, 0.15) is 11.6 Å². The number of nitrogens with zero attached hydrogens (tertiary/aromatic N) is 6. The maximum absolute atomic E-state index is 12.4. The van der Waals surface area contributed by atoms with Crippen molar-refractivity contribution in [3.63, 3.8) is 0 Å². The van der Waals surface area contributed by atoms with Gasteiger partial charge in [-0.3, -0.25) is 9.69 Å². The van der Waals surface area contributed by atoms with Gasteiger partial charge in [0.05, 0.1) is 29.2 Å². The number of nitrogens with one attached hydrogen (secondary N) is 2. The minimum absolute atomic E-state index is 0.0855. The lowest BCUT2D eigenvalue weighted by Crippen LogP contribution is -2.46.